The molecule has 0 aromatic carbocycles. The van der Waals surface area contributed by atoms with E-state index in [1.165, 1.54) is 12.8 Å². The minimum absolute atomic E-state index is 0.433. The minimum atomic E-state index is 0.433. The normalized spacial score (nSPS) is 25.1. The Kier molecular flexibility index (Phi) is 1.57. The van der Waals surface area contributed by atoms with E-state index in [1.54, 1.807) is 6.20 Å². The fourth-order valence-electron chi connectivity index (χ4n) is 1.50. The van der Waals surface area contributed by atoms with Gasteiger partial charge in [0.25, 0.3) is 0 Å². The van der Waals surface area contributed by atoms with Gasteiger partial charge in [-0.05, 0) is 31.0 Å². The highest BCUT2D eigenvalue weighted by atomic mass is 14.9. The van der Waals surface area contributed by atoms with Crippen molar-refractivity contribution in [3.8, 4) is 0 Å². The summed E-state index contributed by atoms with van der Waals surface area (Å²) in [6.07, 6.45) is 5.82. The SMILES string of the molecule is [2H]c1cncc(C2CCCN2)c1. The highest BCUT2D eigenvalue weighted by Crippen LogP contribution is 2.21. The van der Waals surface area contributed by atoms with Crippen molar-refractivity contribution in [2.45, 2.75) is 18.9 Å². The molecular formula is C9H12N2. The first-order valence-electron chi connectivity index (χ1n) is 4.51. The molecule has 1 aromatic heterocycles. The second kappa shape index (κ2) is 3.01. The van der Waals surface area contributed by atoms with Gasteiger partial charge in [0.2, 0.25) is 0 Å². The van der Waals surface area contributed by atoms with Crippen LogP contribution < -0.4 is 5.32 Å². The topological polar surface area (TPSA) is 24.9 Å². The average molecular weight is 149 g/mol. The molecule has 0 radical (unpaired) electrons. The van der Waals surface area contributed by atoms with Crippen molar-refractivity contribution in [1.29, 1.82) is 0 Å². The standard InChI is InChI=1S/C9H12N2/c1-3-8(7-10-5-1)9-4-2-6-11-9/h1,3,5,7,9,11H,2,4,6H2/i1D. The Morgan fingerprint density at radius 1 is 1.73 bits per heavy atom. The first kappa shape index (κ1) is 5.72. The van der Waals surface area contributed by atoms with E-state index >= 15 is 0 Å². The van der Waals surface area contributed by atoms with Gasteiger partial charge in [0.15, 0.2) is 0 Å². The lowest BCUT2D eigenvalue weighted by molar-refractivity contribution is 0.645. The molecule has 1 aliphatic heterocycles. The van der Waals surface area contributed by atoms with Gasteiger partial charge in [0, 0.05) is 18.4 Å². The van der Waals surface area contributed by atoms with Crippen molar-refractivity contribution in [2.24, 2.45) is 0 Å². The predicted molar refractivity (Wildman–Crippen MR) is 44.2 cm³/mol. The molecule has 1 atom stereocenters. The number of rotatable bonds is 1. The zero-order valence-electron chi connectivity index (χ0n) is 7.38. The van der Waals surface area contributed by atoms with Gasteiger partial charge in [0.05, 0.1) is 1.37 Å². The van der Waals surface area contributed by atoms with Crippen LogP contribution in [0.1, 0.15) is 25.8 Å². The first-order valence-corrected chi connectivity index (χ1v) is 4.01. The van der Waals surface area contributed by atoms with Crippen molar-refractivity contribution in [3.05, 3.63) is 30.1 Å². The molecule has 1 aliphatic rings. The van der Waals surface area contributed by atoms with Gasteiger partial charge in [-0.3, -0.25) is 4.98 Å². The Labute approximate surface area is 68.1 Å². The molecular weight excluding hydrogens is 136 g/mol. The summed E-state index contributed by atoms with van der Waals surface area (Å²) in [7, 11) is 0. The number of hydrogen-bond acceptors (Lipinski definition) is 2. The Morgan fingerprint density at radius 3 is 3.45 bits per heavy atom. The third-order valence-corrected chi connectivity index (χ3v) is 2.09. The van der Waals surface area contributed by atoms with Crippen LogP contribution in [0.2, 0.25) is 0 Å². The lowest BCUT2D eigenvalue weighted by Crippen LogP contribution is -2.12. The third kappa shape index (κ3) is 1.40. The lowest BCUT2D eigenvalue weighted by Gasteiger charge is -2.08. The molecule has 1 aromatic rings. The van der Waals surface area contributed by atoms with Crippen LogP contribution in [0.5, 0.6) is 0 Å². The molecule has 0 bridgehead atoms. The quantitative estimate of drug-likeness (QED) is 0.654. The zero-order valence-corrected chi connectivity index (χ0v) is 6.38. The molecule has 2 heterocycles. The van der Waals surface area contributed by atoms with E-state index in [9.17, 15) is 0 Å². The zero-order chi connectivity index (χ0) is 8.39. The summed E-state index contributed by atoms with van der Waals surface area (Å²) in [5, 5.41) is 3.38. The third-order valence-electron chi connectivity index (χ3n) is 2.09. The Balaban J connectivity index is 2.21. The van der Waals surface area contributed by atoms with E-state index in [-0.39, 0.29) is 0 Å². The summed E-state index contributed by atoms with van der Waals surface area (Å²) < 4.78 is 7.41. The Bertz CT molecular complexity index is 269. The smallest absolute Gasteiger partial charge is 0.0639 e. The van der Waals surface area contributed by atoms with Crippen molar-refractivity contribution in [2.75, 3.05) is 6.54 Å². The summed E-state index contributed by atoms with van der Waals surface area (Å²) in [6.45, 7) is 1.09. The van der Waals surface area contributed by atoms with Crippen molar-refractivity contribution < 1.29 is 1.37 Å². The number of nitrogens with zero attached hydrogens (tertiary/aromatic N) is 1. The summed E-state index contributed by atoms with van der Waals surface area (Å²) in [5.41, 5.74) is 1.15. The molecule has 1 unspecified atom stereocenters. The van der Waals surface area contributed by atoms with E-state index < -0.39 is 0 Å². The molecule has 1 N–H and O–H groups in total. The van der Waals surface area contributed by atoms with Gasteiger partial charge in [-0.2, -0.15) is 0 Å². The summed E-state index contributed by atoms with van der Waals surface area (Å²) in [6, 6.07) is 2.82. The van der Waals surface area contributed by atoms with Gasteiger partial charge in [0.1, 0.15) is 0 Å². The average Bonchev–Trinajstić information content (AvgIpc) is 2.56. The van der Waals surface area contributed by atoms with E-state index in [2.05, 4.69) is 10.3 Å². The molecule has 0 aliphatic carbocycles. The van der Waals surface area contributed by atoms with Gasteiger partial charge in [-0.15, -0.1) is 0 Å². The second-order valence-corrected chi connectivity index (χ2v) is 2.87. The summed E-state index contributed by atoms with van der Waals surface area (Å²) in [5.74, 6) is 0. The largest absolute Gasteiger partial charge is 0.310 e. The van der Waals surface area contributed by atoms with Crippen molar-refractivity contribution in [3.63, 3.8) is 0 Å². The van der Waals surface area contributed by atoms with Crippen LogP contribution in [0, 0.1) is 0 Å². The fourth-order valence-corrected chi connectivity index (χ4v) is 1.50. The monoisotopic (exact) mass is 149 g/mol. The van der Waals surface area contributed by atoms with Gasteiger partial charge >= 0.3 is 0 Å². The van der Waals surface area contributed by atoms with Crippen LogP contribution in [0.15, 0.2) is 24.5 Å². The second-order valence-electron chi connectivity index (χ2n) is 2.87. The number of aromatic nitrogens is 1. The van der Waals surface area contributed by atoms with Crippen LogP contribution in [0.4, 0.5) is 0 Å². The molecule has 11 heavy (non-hydrogen) atoms. The molecule has 0 spiro atoms. The van der Waals surface area contributed by atoms with Crippen LogP contribution in [-0.4, -0.2) is 11.5 Å². The van der Waals surface area contributed by atoms with E-state index in [0.717, 1.165) is 12.1 Å². The predicted octanol–water partition coefficient (Wildman–Crippen LogP) is 1.51. The molecule has 1 fully saturated rings. The van der Waals surface area contributed by atoms with Crippen LogP contribution >= 0.6 is 0 Å². The van der Waals surface area contributed by atoms with Gasteiger partial charge in [-0.1, -0.05) is 6.07 Å². The molecule has 1 saturated heterocycles. The molecule has 58 valence electrons. The number of hydrogen-bond donors (Lipinski definition) is 1. The Hall–Kier alpha value is -0.890. The van der Waals surface area contributed by atoms with E-state index in [4.69, 9.17) is 1.37 Å². The minimum Gasteiger partial charge on any atom is -0.310 e. The molecule has 2 rings (SSSR count). The lowest BCUT2D eigenvalue weighted by atomic mass is 10.1. The fraction of sp³-hybridized carbons (Fsp3) is 0.444. The maximum atomic E-state index is 7.41. The Morgan fingerprint density at radius 2 is 2.73 bits per heavy atom. The van der Waals surface area contributed by atoms with Crippen LogP contribution in [-0.2, 0) is 0 Å². The highest BCUT2D eigenvalue weighted by Gasteiger charge is 2.15. The van der Waals surface area contributed by atoms with Gasteiger partial charge in [-0.25, -0.2) is 0 Å². The van der Waals surface area contributed by atoms with Crippen LogP contribution in [0.25, 0.3) is 0 Å². The molecule has 0 amide bonds. The highest BCUT2D eigenvalue weighted by molar-refractivity contribution is 5.14. The summed E-state index contributed by atoms with van der Waals surface area (Å²) >= 11 is 0. The number of pyridine rings is 1. The first-order chi connectivity index (χ1) is 5.86. The van der Waals surface area contributed by atoms with Gasteiger partial charge < -0.3 is 5.32 Å². The molecule has 2 nitrogen and oxygen atoms in total. The van der Waals surface area contributed by atoms with E-state index in [1.807, 2.05) is 12.3 Å². The van der Waals surface area contributed by atoms with Crippen LogP contribution in [0.3, 0.4) is 0 Å². The maximum absolute atomic E-state index is 7.41. The number of nitrogens with one attached hydrogen (secondary N) is 1. The summed E-state index contributed by atoms with van der Waals surface area (Å²) in [4.78, 5) is 4.00. The molecule has 2 heteroatoms. The molecule has 0 saturated carbocycles. The van der Waals surface area contributed by atoms with Crippen molar-refractivity contribution >= 4 is 0 Å². The van der Waals surface area contributed by atoms with E-state index in [0.29, 0.717) is 12.1 Å². The maximum Gasteiger partial charge on any atom is 0.0639 e. The van der Waals surface area contributed by atoms with Crippen molar-refractivity contribution in [1.82, 2.24) is 10.3 Å².